The molecule has 2 saturated heterocycles. The molecular formula is C13H22O12Si. The highest BCUT2D eigenvalue weighted by molar-refractivity contribution is 6.69. The SMILES string of the molecule is O=C[Si][C@@]1(CO)O[C@H](O[C@H]2[C@H](O)[C@@H](O)[C@H](O)O[C@@H]2CO)[C@H](O)[C@H](O)[C@H]1O. The van der Waals surface area contributed by atoms with E-state index in [9.17, 15) is 45.6 Å². The summed E-state index contributed by atoms with van der Waals surface area (Å²) in [7, 11) is -0.819. The lowest BCUT2D eigenvalue weighted by molar-refractivity contribution is -0.362. The second kappa shape index (κ2) is 8.64. The Balaban J connectivity index is 2.24. The molecule has 2 aliphatic heterocycles. The molecule has 0 saturated carbocycles. The van der Waals surface area contributed by atoms with Crippen molar-refractivity contribution in [3.05, 3.63) is 0 Å². The number of aliphatic hydroxyl groups is 8. The average Bonchev–Trinajstić information content (AvgIpc) is 2.63. The Hall–Kier alpha value is -0.553. The molecule has 2 heterocycles. The van der Waals surface area contributed by atoms with Crippen LogP contribution in [0.1, 0.15) is 0 Å². The maximum Gasteiger partial charge on any atom is 0.187 e. The Morgan fingerprint density at radius 2 is 1.65 bits per heavy atom. The summed E-state index contributed by atoms with van der Waals surface area (Å²) in [6, 6.07) is 0. The minimum absolute atomic E-state index is 0.357. The maximum atomic E-state index is 10.9. The van der Waals surface area contributed by atoms with Gasteiger partial charge in [-0.15, -0.1) is 0 Å². The van der Waals surface area contributed by atoms with Crippen LogP contribution in [-0.4, -0.2) is 130 Å². The van der Waals surface area contributed by atoms with Gasteiger partial charge in [0.1, 0.15) is 48.0 Å². The van der Waals surface area contributed by atoms with E-state index in [2.05, 4.69) is 0 Å². The fourth-order valence-corrected chi connectivity index (χ4v) is 3.68. The van der Waals surface area contributed by atoms with Gasteiger partial charge in [0.05, 0.1) is 19.1 Å². The van der Waals surface area contributed by atoms with E-state index >= 15 is 0 Å². The molecule has 2 radical (unpaired) electrons. The summed E-state index contributed by atoms with van der Waals surface area (Å²) >= 11 is 0. The molecule has 0 aromatic carbocycles. The molecule has 150 valence electrons. The topological polar surface area (TPSA) is 207 Å². The van der Waals surface area contributed by atoms with Crippen LogP contribution >= 0.6 is 0 Å². The maximum absolute atomic E-state index is 10.9. The van der Waals surface area contributed by atoms with Gasteiger partial charge in [-0.3, -0.25) is 0 Å². The first-order valence-corrected chi connectivity index (χ1v) is 8.80. The minimum Gasteiger partial charge on any atom is -0.394 e. The first-order chi connectivity index (χ1) is 12.2. The van der Waals surface area contributed by atoms with Gasteiger partial charge in [0.25, 0.3) is 0 Å². The summed E-state index contributed by atoms with van der Waals surface area (Å²) in [6.07, 6.45) is -15.4. The van der Waals surface area contributed by atoms with Crippen LogP contribution in [0.3, 0.4) is 0 Å². The van der Waals surface area contributed by atoms with Crippen molar-refractivity contribution >= 4 is 15.4 Å². The molecule has 26 heavy (non-hydrogen) atoms. The molecule has 0 unspecified atom stereocenters. The van der Waals surface area contributed by atoms with Gasteiger partial charge in [-0.1, -0.05) is 0 Å². The molecule has 8 N–H and O–H groups in total. The normalized spacial score (nSPS) is 49.8. The summed E-state index contributed by atoms with van der Waals surface area (Å²) in [5, 5.41) is 76.2. The van der Waals surface area contributed by atoms with Gasteiger partial charge in [-0.05, 0) is 0 Å². The fourth-order valence-electron chi connectivity index (χ4n) is 2.86. The van der Waals surface area contributed by atoms with E-state index in [1.54, 1.807) is 0 Å². The van der Waals surface area contributed by atoms with Gasteiger partial charge in [-0.25, -0.2) is 0 Å². The standard InChI is InChI=1S/C13H22O12Si/c14-1-4-9(5(17)7(19)11(22)23-4)24-12-8(20)6(18)10(21)13(2-15,25-12)26-3-16/h3-12,14-15,17-22H,1-2H2/t4-,5-,6+,7-,8-,9-,10-,11-,12+,13-/m1/s1. The van der Waals surface area contributed by atoms with Gasteiger partial charge in [0, 0.05) is 0 Å². The molecule has 2 fully saturated rings. The summed E-state index contributed by atoms with van der Waals surface area (Å²) in [5.74, 6) is 0.357. The van der Waals surface area contributed by atoms with Crippen LogP contribution < -0.4 is 0 Å². The highest BCUT2D eigenvalue weighted by Gasteiger charge is 2.56. The van der Waals surface area contributed by atoms with Crippen molar-refractivity contribution in [2.75, 3.05) is 13.2 Å². The Morgan fingerprint density at radius 1 is 1.00 bits per heavy atom. The number of hydrogen-bond acceptors (Lipinski definition) is 12. The molecule has 0 bridgehead atoms. The average molecular weight is 398 g/mol. The molecule has 0 aromatic heterocycles. The van der Waals surface area contributed by atoms with Crippen molar-refractivity contribution in [1.82, 2.24) is 0 Å². The quantitative estimate of drug-likeness (QED) is 0.155. The van der Waals surface area contributed by atoms with Crippen LogP contribution in [-0.2, 0) is 19.0 Å². The number of carbonyl (C=O) groups excluding carboxylic acids is 1. The van der Waals surface area contributed by atoms with Crippen molar-refractivity contribution in [3.8, 4) is 0 Å². The number of rotatable bonds is 6. The van der Waals surface area contributed by atoms with E-state index < -0.39 is 83.3 Å². The lowest BCUT2D eigenvalue weighted by Gasteiger charge is -2.49. The summed E-state index contributed by atoms with van der Waals surface area (Å²) in [5.41, 5.74) is 0. The van der Waals surface area contributed by atoms with Gasteiger partial charge >= 0.3 is 0 Å². The van der Waals surface area contributed by atoms with E-state index in [4.69, 9.17) is 14.2 Å². The van der Waals surface area contributed by atoms with Crippen LogP contribution in [0.25, 0.3) is 0 Å². The van der Waals surface area contributed by atoms with Crippen LogP contribution in [0.4, 0.5) is 0 Å². The third kappa shape index (κ3) is 3.84. The first-order valence-electron chi connectivity index (χ1n) is 7.72. The van der Waals surface area contributed by atoms with Crippen LogP contribution in [0.5, 0.6) is 0 Å². The van der Waals surface area contributed by atoms with Crippen molar-refractivity contribution in [1.29, 1.82) is 0 Å². The Morgan fingerprint density at radius 3 is 2.19 bits per heavy atom. The predicted octanol–water partition coefficient (Wildman–Crippen LogP) is -6.18. The van der Waals surface area contributed by atoms with Crippen LogP contribution in [0, 0.1) is 0 Å². The molecule has 12 nitrogen and oxygen atoms in total. The van der Waals surface area contributed by atoms with E-state index in [0.717, 1.165) is 0 Å². The zero-order valence-corrected chi connectivity index (χ0v) is 14.4. The van der Waals surface area contributed by atoms with E-state index in [-0.39, 0.29) is 0 Å². The number of carbonyl (C=O) groups is 1. The first kappa shape index (κ1) is 21.7. The van der Waals surface area contributed by atoms with Gasteiger partial charge < -0.3 is 59.9 Å². The number of ether oxygens (including phenoxy) is 3. The highest BCUT2D eigenvalue weighted by Crippen LogP contribution is 2.32. The summed E-state index contributed by atoms with van der Waals surface area (Å²) in [6.45, 7) is -1.62. The molecule has 2 aliphatic rings. The Bertz CT molecular complexity index is 480. The summed E-state index contributed by atoms with van der Waals surface area (Å²) in [4.78, 5) is 10.9. The molecule has 0 aliphatic carbocycles. The Kier molecular flexibility index (Phi) is 7.22. The highest BCUT2D eigenvalue weighted by atomic mass is 28.2. The molecule has 0 spiro atoms. The van der Waals surface area contributed by atoms with E-state index in [1.807, 2.05) is 0 Å². The molecular weight excluding hydrogens is 376 g/mol. The minimum atomic E-state index is -1.95. The lowest BCUT2D eigenvalue weighted by atomic mass is 9.96. The van der Waals surface area contributed by atoms with Crippen molar-refractivity contribution in [2.45, 2.75) is 60.5 Å². The monoisotopic (exact) mass is 398 g/mol. The van der Waals surface area contributed by atoms with Gasteiger partial charge in [-0.2, -0.15) is 0 Å². The molecule has 13 heteroatoms. The molecule has 2 rings (SSSR count). The zero-order valence-electron chi connectivity index (χ0n) is 13.4. The van der Waals surface area contributed by atoms with Crippen molar-refractivity contribution in [3.63, 3.8) is 0 Å². The van der Waals surface area contributed by atoms with Crippen LogP contribution in [0.15, 0.2) is 0 Å². The third-order valence-corrected chi connectivity index (χ3v) is 5.60. The predicted molar refractivity (Wildman–Crippen MR) is 80.1 cm³/mol. The van der Waals surface area contributed by atoms with E-state index in [1.165, 1.54) is 0 Å². The lowest BCUT2D eigenvalue weighted by Crippen LogP contribution is -2.70. The summed E-state index contributed by atoms with van der Waals surface area (Å²) < 4.78 is 15.5. The number of aliphatic hydroxyl groups excluding tert-OH is 8. The zero-order chi connectivity index (χ0) is 19.6. The molecule has 10 atom stereocenters. The fraction of sp³-hybridized carbons (Fsp3) is 0.923. The van der Waals surface area contributed by atoms with Gasteiger partial charge in [0.15, 0.2) is 22.1 Å². The van der Waals surface area contributed by atoms with E-state index in [0.29, 0.717) is 5.91 Å². The van der Waals surface area contributed by atoms with Gasteiger partial charge in [0.2, 0.25) is 0 Å². The molecule has 0 aromatic rings. The van der Waals surface area contributed by atoms with Crippen molar-refractivity contribution in [2.24, 2.45) is 0 Å². The third-order valence-electron chi connectivity index (χ3n) is 4.43. The second-order valence-electron chi connectivity index (χ2n) is 6.05. The smallest absolute Gasteiger partial charge is 0.187 e. The largest absolute Gasteiger partial charge is 0.394 e. The van der Waals surface area contributed by atoms with Crippen molar-refractivity contribution < 1.29 is 59.9 Å². The number of hydrogen-bond donors (Lipinski definition) is 8. The second-order valence-corrected chi connectivity index (χ2v) is 7.42. The Labute approximate surface area is 150 Å². The van der Waals surface area contributed by atoms with Crippen LogP contribution in [0.2, 0.25) is 0 Å². The molecule has 0 amide bonds.